The van der Waals surface area contributed by atoms with Crippen LogP contribution < -0.4 is 24.6 Å². The highest BCUT2D eigenvalue weighted by Crippen LogP contribution is 2.54. The second kappa shape index (κ2) is 17.3. The zero-order valence-corrected chi connectivity index (χ0v) is 39.5. The molecule has 5 fully saturated rings. The van der Waals surface area contributed by atoms with E-state index in [1.165, 1.54) is 48.9 Å². The lowest BCUT2D eigenvalue weighted by molar-refractivity contribution is -0.384. The third-order valence-electron chi connectivity index (χ3n) is 16.1. The molecule has 3 atom stereocenters. The average molecular weight is 945 g/mol. The van der Waals surface area contributed by atoms with Gasteiger partial charge in [-0.2, -0.15) is 4.98 Å². The first-order valence-electron chi connectivity index (χ1n) is 24.3. The maximum absolute atomic E-state index is 14.6. The SMILES string of the molecule is Cc1ccccc1[C@@H]1CCCN1C1CC2(CCN(c3ccc(C(=O)NS(=O)(=O)c4ccc(NCC5CCC(C)(O)CC5)c([N+](=O)[O-])c4)c(N4c5cc6cc[nH]c6nc5O[C@H]5COC[C@@H]54)c3)CC2)C1. The summed E-state index contributed by atoms with van der Waals surface area (Å²) in [7, 11) is -4.61. The predicted octanol–water partition coefficient (Wildman–Crippen LogP) is 8.14. The number of anilines is 4. The van der Waals surface area contributed by atoms with E-state index in [0.717, 1.165) is 62.5 Å². The number of rotatable bonds is 11. The third-order valence-corrected chi connectivity index (χ3v) is 17.5. The van der Waals surface area contributed by atoms with E-state index >= 15 is 0 Å². The standard InChI is InChI=1S/C51H60N8O8S/c1-32-6-3-4-7-38(32)41-8-5-21-57(41)36-27-51(28-36)18-22-56(23-19-51)35-9-11-39(42(25-35)58-44-24-34-15-20-52-47(34)54-49(44)67-46-31-66-30-45(46)58)48(60)55-68(64,65)37-10-12-40(43(26-37)59(62)63)53-29-33-13-16-50(2,61)17-14-33/h3-4,6-7,9-12,15,20,24-26,33,36,41,45-46,53,61H,5,8,13-14,16-19,21-23,27-31H2,1-2H3,(H,52,54)(H,55,60)/t33?,41-,45-,46-,50?/m0/s1. The van der Waals surface area contributed by atoms with Crippen LogP contribution >= 0.6 is 0 Å². The Morgan fingerprint density at radius 3 is 2.54 bits per heavy atom. The summed E-state index contributed by atoms with van der Waals surface area (Å²) in [6.45, 7) is 7.94. The number of sulfonamides is 1. The van der Waals surface area contributed by atoms with E-state index in [4.69, 9.17) is 14.5 Å². The number of hydrogen-bond donors (Lipinski definition) is 4. The molecule has 4 aliphatic heterocycles. The fourth-order valence-electron chi connectivity index (χ4n) is 12.1. The number of aliphatic hydroxyl groups is 1. The molecule has 2 saturated carbocycles. The molecule has 0 radical (unpaired) electrons. The van der Waals surface area contributed by atoms with Crippen LogP contribution in [0.5, 0.6) is 5.88 Å². The van der Waals surface area contributed by atoms with E-state index in [1.807, 2.05) is 36.1 Å². The lowest BCUT2D eigenvalue weighted by atomic mass is 9.59. The molecule has 1 spiro atoms. The number of pyridine rings is 1. The number of H-pyrrole nitrogens is 1. The Balaban J connectivity index is 0.861. The lowest BCUT2D eigenvalue weighted by Crippen LogP contribution is -2.55. The highest BCUT2D eigenvalue weighted by molar-refractivity contribution is 7.90. The number of likely N-dealkylation sites (tertiary alicyclic amines) is 1. The van der Waals surface area contributed by atoms with Gasteiger partial charge in [0, 0.05) is 55.1 Å². The van der Waals surface area contributed by atoms with Gasteiger partial charge in [-0.1, -0.05) is 24.3 Å². The molecule has 11 rings (SSSR count). The number of fused-ring (bicyclic) bond motifs is 3. The fraction of sp³-hybridized carbons (Fsp3) is 0.490. The number of aromatic nitrogens is 2. The fourth-order valence-corrected chi connectivity index (χ4v) is 13.1. The Morgan fingerprint density at radius 1 is 0.971 bits per heavy atom. The zero-order valence-electron chi connectivity index (χ0n) is 38.7. The van der Waals surface area contributed by atoms with Crippen molar-refractivity contribution in [1.82, 2.24) is 19.6 Å². The predicted molar refractivity (Wildman–Crippen MR) is 259 cm³/mol. The second-order valence-corrected chi connectivity index (χ2v) is 22.2. The summed E-state index contributed by atoms with van der Waals surface area (Å²) in [5, 5.41) is 26.7. The average Bonchev–Trinajstić information content (AvgIpc) is 4.11. The number of aryl methyl sites for hydroxylation is 1. The van der Waals surface area contributed by atoms with Gasteiger partial charge in [-0.25, -0.2) is 13.1 Å². The maximum atomic E-state index is 14.6. The normalized spacial score (nSPS) is 26.0. The minimum atomic E-state index is -4.61. The van der Waals surface area contributed by atoms with Gasteiger partial charge in [0.1, 0.15) is 23.1 Å². The molecular formula is C51H60N8O8S. The summed E-state index contributed by atoms with van der Waals surface area (Å²) >= 11 is 0. The summed E-state index contributed by atoms with van der Waals surface area (Å²) in [5.41, 5.74) is 4.95. The van der Waals surface area contributed by atoms with Gasteiger partial charge in [0.2, 0.25) is 5.88 Å². The number of nitro groups is 1. The molecule has 0 unspecified atom stereocenters. The van der Waals surface area contributed by atoms with E-state index in [2.05, 4.69) is 56.0 Å². The van der Waals surface area contributed by atoms with Gasteiger partial charge >= 0.3 is 0 Å². The van der Waals surface area contributed by atoms with Gasteiger partial charge in [0.25, 0.3) is 21.6 Å². The molecule has 3 aromatic carbocycles. The van der Waals surface area contributed by atoms with Crippen LogP contribution in [-0.2, 0) is 14.8 Å². The lowest BCUT2D eigenvalue weighted by Gasteiger charge is -2.56. The van der Waals surface area contributed by atoms with Crippen molar-refractivity contribution in [2.24, 2.45) is 11.3 Å². The molecule has 68 heavy (non-hydrogen) atoms. The number of benzene rings is 3. The van der Waals surface area contributed by atoms with E-state index in [-0.39, 0.29) is 23.2 Å². The highest BCUT2D eigenvalue weighted by atomic mass is 32.2. The number of hydrogen-bond acceptors (Lipinski definition) is 13. The van der Waals surface area contributed by atoms with Gasteiger partial charge < -0.3 is 34.7 Å². The number of piperidine rings is 1. The molecule has 2 aromatic heterocycles. The van der Waals surface area contributed by atoms with Gasteiger partial charge in [0.15, 0.2) is 0 Å². The van der Waals surface area contributed by atoms with Gasteiger partial charge in [0.05, 0.1) is 45.9 Å². The Morgan fingerprint density at radius 2 is 1.76 bits per heavy atom. The van der Waals surface area contributed by atoms with Crippen LogP contribution in [-0.4, -0.2) is 102 Å². The number of nitro benzene ring substituents is 1. The molecule has 1 amide bonds. The van der Waals surface area contributed by atoms with E-state index < -0.39 is 43.1 Å². The van der Waals surface area contributed by atoms with Crippen molar-refractivity contribution < 1.29 is 32.7 Å². The Labute approximate surface area is 396 Å². The van der Waals surface area contributed by atoms with Crippen LogP contribution in [0, 0.1) is 28.4 Å². The van der Waals surface area contributed by atoms with Crippen molar-refractivity contribution >= 4 is 55.4 Å². The highest BCUT2D eigenvalue weighted by Gasteiger charge is 2.50. The van der Waals surface area contributed by atoms with Gasteiger partial charge in [-0.3, -0.25) is 19.8 Å². The molecule has 2 aliphatic carbocycles. The van der Waals surface area contributed by atoms with Crippen molar-refractivity contribution in [3.8, 4) is 5.88 Å². The number of aromatic amines is 1. The molecule has 0 bridgehead atoms. The summed E-state index contributed by atoms with van der Waals surface area (Å²) in [4.78, 5) is 41.0. The van der Waals surface area contributed by atoms with Crippen molar-refractivity contribution in [3.05, 3.63) is 106 Å². The Bertz CT molecular complexity index is 2860. The monoisotopic (exact) mass is 944 g/mol. The first kappa shape index (κ1) is 44.7. The van der Waals surface area contributed by atoms with E-state index in [9.17, 15) is 28.4 Å². The van der Waals surface area contributed by atoms with E-state index in [0.29, 0.717) is 73.0 Å². The van der Waals surface area contributed by atoms with E-state index in [1.54, 1.807) is 12.3 Å². The summed E-state index contributed by atoms with van der Waals surface area (Å²) in [6.07, 6.45) is 11.1. The quantitative estimate of drug-likeness (QED) is 0.0733. The first-order chi connectivity index (χ1) is 32.7. The van der Waals surface area contributed by atoms with Gasteiger partial charge in [-0.05, 0) is 150 Å². The summed E-state index contributed by atoms with van der Waals surface area (Å²) in [5.74, 6) is -0.310. The number of nitrogens with zero attached hydrogens (tertiary/aromatic N) is 5. The van der Waals surface area contributed by atoms with Gasteiger partial charge in [-0.15, -0.1) is 0 Å². The van der Waals surface area contributed by atoms with Crippen LogP contribution in [0.15, 0.2) is 83.9 Å². The largest absolute Gasteiger partial charge is 0.468 e. The molecule has 16 nitrogen and oxygen atoms in total. The molecule has 6 aliphatic rings. The number of ether oxygens (including phenoxy) is 2. The van der Waals surface area contributed by atoms with Crippen LogP contribution in [0.1, 0.15) is 98.7 Å². The topological polar surface area (TPSA) is 196 Å². The minimum absolute atomic E-state index is 0.105. The molecule has 358 valence electrons. The first-order valence-corrected chi connectivity index (χ1v) is 25.8. The third kappa shape index (κ3) is 8.34. The van der Waals surface area contributed by atoms with Crippen LogP contribution in [0.25, 0.3) is 11.0 Å². The summed E-state index contributed by atoms with van der Waals surface area (Å²) in [6, 6.07) is 22.6. The Kier molecular flexibility index (Phi) is 11.4. The zero-order chi connectivity index (χ0) is 47.0. The molecule has 6 heterocycles. The number of carbonyl (C=O) groups excluding carboxylic acids is 1. The van der Waals surface area contributed by atoms with Crippen molar-refractivity contribution in [1.29, 1.82) is 0 Å². The van der Waals surface area contributed by atoms with Crippen molar-refractivity contribution in [2.45, 2.75) is 113 Å². The molecule has 4 N–H and O–H groups in total. The molecule has 5 aromatic rings. The summed E-state index contributed by atoms with van der Waals surface area (Å²) < 4.78 is 42.9. The number of carbonyl (C=O) groups is 1. The van der Waals surface area contributed by atoms with Crippen LogP contribution in [0.2, 0.25) is 0 Å². The second-order valence-electron chi connectivity index (χ2n) is 20.6. The molecular weight excluding hydrogens is 885 g/mol. The minimum Gasteiger partial charge on any atom is -0.468 e. The van der Waals surface area contributed by atoms with Crippen LogP contribution in [0.3, 0.4) is 0 Å². The number of nitrogens with one attached hydrogen (secondary N) is 3. The van der Waals surface area contributed by atoms with Crippen molar-refractivity contribution in [2.75, 3.05) is 54.5 Å². The molecule has 3 saturated heterocycles. The van der Waals surface area contributed by atoms with Crippen molar-refractivity contribution in [3.63, 3.8) is 0 Å². The molecule has 17 heteroatoms. The smallest absolute Gasteiger partial charge is 0.293 e. The Hall–Kier alpha value is -5.75. The number of amides is 1. The van der Waals surface area contributed by atoms with Crippen LogP contribution in [0.4, 0.5) is 28.4 Å². The maximum Gasteiger partial charge on any atom is 0.293 e.